The van der Waals surface area contributed by atoms with Crippen molar-refractivity contribution >= 4 is 0 Å². The van der Waals surface area contributed by atoms with Crippen LogP contribution in [0.3, 0.4) is 0 Å². The topological polar surface area (TPSA) is 38.7 Å². The third kappa shape index (κ3) is 1.39. The van der Waals surface area contributed by atoms with E-state index in [-0.39, 0.29) is 24.4 Å². The van der Waals surface area contributed by atoms with Gasteiger partial charge in [-0.3, -0.25) is 0 Å². The van der Waals surface area contributed by atoms with Gasteiger partial charge in [0.25, 0.3) is 0 Å². The van der Waals surface area contributed by atoms with Gasteiger partial charge in [-0.2, -0.15) is 0 Å². The monoisotopic (exact) mass is 186 g/mol. The molecule has 0 aromatic carbocycles. The number of aliphatic hydroxyl groups is 1. The number of ether oxygens (including phenoxy) is 2. The fourth-order valence-corrected chi connectivity index (χ4v) is 2.40. The average Bonchev–Trinajstić information content (AvgIpc) is 2.67. The third-order valence-electron chi connectivity index (χ3n) is 3.62. The molecule has 0 saturated carbocycles. The van der Waals surface area contributed by atoms with Crippen molar-refractivity contribution in [3.8, 4) is 0 Å². The Morgan fingerprint density at radius 3 is 2.69 bits per heavy atom. The molecule has 0 aliphatic carbocycles. The molecule has 13 heavy (non-hydrogen) atoms. The Labute approximate surface area is 79.0 Å². The van der Waals surface area contributed by atoms with Gasteiger partial charge in [0.2, 0.25) is 0 Å². The predicted octanol–water partition coefficient (Wildman–Crippen LogP) is 0.951. The van der Waals surface area contributed by atoms with Crippen molar-refractivity contribution in [1.29, 1.82) is 0 Å². The maximum absolute atomic E-state index is 9.00. The van der Waals surface area contributed by atoms with Crippen LogP contribution in [0.4, 0.5) is 0 Å². The summed E-state index contributed by atoms with van der Waals surface area (Å²) in [4.78, 5) is 0. The van der Waals surface area contributed by atoms with E-state index in [2.05, 4.69) is 13.8 Å². The Hall–Kier alpha value is -0.120. The molecule has 2 fully saturated rings. The lowest BCUT2D eigenvalue weighted by atomic mass is 9.86. The zero-order valence-electron chi connectivity index (χ0n) is 8.32. The van der Waals surface area contributed by atoms with Crippen molar-refractivity contribution in [2.24, 2.45) is 5.92 Å². The molecule has 0 amide bonds. The van der Waals surface area contributed by atoms with Crippen LogP contribution < -0.4 is 0 Å². The van der Waals surface area contributed by atoms with Gasteiger partial charge in [0, 0.05) is 5.92 Å². The highest BCUT2D eigenvalue weighted by molar-refractivity contribution is 4.98. The van der Waals surface area contributed by atoms with Crippen molar-refractivity contribution in [3.05, 3.63) is 0 Å². The van der Waals surface area contributed by atoms with Crippen LogP contribution in [0.25, 0.3) is 0 Å². The van der Waals surface area contributed by atoms with Gasteiger partial charge in [0.1, 0.15) is 0 Å². The number of hydrogen-bond acceptors (Lipinski definition) is 3. The zero-order valence-corrected chi connectivity index (χ0v) is 8.32. The Kier molecular flexibility index (Phi) is 2.34. The number of aliphatic hydroxyl groups excluding tert-OH is 1. The highest BCUT2D eigenvalue weighted by Gasteiger charge is 2.50. The molecule has 76 valence electrons. The smallest absolute Gasteiger partial charge is 0.0970 e. The Morgan fingerprint density at radius 2 is 2.23 bits per heavy atom. The Morgan fingerprint density at radius 1 is 1.46 bits per heavy atom. The number of rotatable bonds is 1. The van der Waals surface area contributed by atoms with E-state index in [0.29, 0.717) is 12.5 Å². The summed E-state index contributed by atoms with van der Waals surface area (Å²) in [5.41, 5.74) is -0.0905. The molecule has 2 rings (SSSR count). The first-order valence-electron chi connectivity index (χ1n) is 5.08. The van der Waals surface area contributed by atoms with Crippen molar-refractivity contribution < 1.29 is 14.6 Å². The maximum Gasteiger partial charge on any atom is 0.0970 e. The summed E-state index contributed by atoms with van der Waals surface area (Å²) >= 11 is 0. The number of hydrogen-bond donors (Lipinski definition) is 1. The molecule has 2 aliphatic heterocycles. The predicted molar refractivity (Wildman–Crippen MR) is 48.5 cm³/mol. The van der Waals surface area contributed by atoms with Crippen LogP contribution in [0.5, 0.6) is 0 Å². The summed E-state index contributed by atoms with van der Waals surface area (Å²) in [5.74, 6) is 0.448. The van der Waals surface area contributed by atoms with Gasteiger partial charge in [-0.25, -0.2) is 0 Å². The minimum absolute atomic E-state index is 0.0383. The van der Waals surface area contributed by atoms with Gasteiger partial charge >= 0.3 is 0 Å². The normalized spacial score (nSPS) is 50.5. The lowest BCUT2D eigenvalue weighted by molar-refractivity contribution is -0.0766. The lowest BCUT2D eigenvalue weighted by Crippen LogP contribution is -2.37. The first-order valence-corrected chi connectivity index (χ1v) is 5.08. The minimum atomic E-state index is -0.0905. The average molecular weight is 186 g/mol. The van der Waals surface area contributed by atoms with Crippen molar-refractivity contribution in [1.82, 2.24) is 0 Å². The van der Waals surface area contributed by atoms with Gasteiger partial charge in [-0.05, 0) is 19.8 Å². The van der Waals surface area contributed by atoms with E-state index in [9.17, 15) is 0 Å². The quantitative estimate of drug-likeness (QED) is 0.662. The molecule has 0 aromatic heterocycles. The van der Waals surface area contributed by atoms with E-state index in [4.69, 9.17) is 14.6 Å². The Bertz CT molecular complexity index is 195. The van der Waals surface area contributed by atoms with Gasteiger partial charge in [0.15, 0.2) is 0 Å². The van der Waals surface area contributed by atoms with Gasteiger partial charge in [-0.1, -0.05) is 6.92 Å². The van der Waals surface area contributed by atoms with Crippen molar-refractivity contribution in [2.75, 3.05) is 13.2 Å². The molecular weight excluding hydrogens is 168 g/mol. The molecule has 0 bridgehead atoms. The van der Waals surface area contributed by atoms with E-state index in [1.54, 1.807) is 0 Å². The van der Waals surface area contributed by atoms with Crippen molar-refractivity contribution in [3.63, 3.8) is 0 Å². The fourth-order valence-electron chi connectivity index (χ4n) is 2.40. The van der Waals surface area contributed by atoms with Gasteiger partial charge in [-0.15, -0.1) is 0 Å². The summed E-state index contributed by atoms with van der Waals surface area (Å²) < 4.78 is 11.5. The molecule has 1 N–H and O–H groups in total. The largest absolute Gasteiger partial charge is 0.394 e. The molecule has 2 saturated heterocycles. The van der Waals surface area contributed by atoms with E-state index in [1.807, 2.05) is 0 Å². The molecule has 2 aliphatic rings. The fraction of sp³-hybridized carbons (Fsp3) is 1.00. The molecule has 4 atom stereocenters. The molecule has 1 spiro atoms. The molecule has 0 unspecified atom stereocenters. The molecule has 3 nitrogen and oxygen atoms in total. The molecule has 0 aromatic rings. The first-order chi connectivity index (χ1) is 6.18. The van der Waals surface area contributed by atoms with Crippen LogP contribution in [0.15, 0.2) is 0 Å². The van der Waals surface area contributed by atoms with Crippen LogP contribution in [0, 0.1) is 5.92 Å². The summed E-state index contributed by atoms with van der Waals surface area (Å²) in [6.07, 6.45) is 2.33. The second-order valence-electron chi connectivity index (χ2n) is 4.33. The Balaban J connectivity index is 2.06. The van der Waals surface area contributed by atoms with E-state index in [0.717, 1.165) is 12.8 Å². The van der Waals surface area contributed by atoms with Crippen LogP contribution in [-0.4, -0.2) is 36.1 Å². The van der Waals surface area contributed by atoms with E-state index >= 15 is 0 Å². The molecule has 3 heteroatoms. The van der Waals surface area contributed by atoms with Crippen LogP contribution >= 0.6 is 0 Å². The summed E-state index contributed by atoms with van der Waals surface area (Å²) in [7, 11) is 0. The van der Waals surface area contributed by atoms with Crippen LogP contribution in [0.1, 0.15) is 26.7 Å². The second-order valence-corrected chi connectivity index (χ2v) is 4.33. The minimum Gasteiger partial charge on any atom is -0.394 e. The van der Waals surface area contributed by atoms with E-state index in [1.165, 1.54) is 0 Å². The van der Waals surface area contributed by atoms with Crippen molar-refractivity contribution in [2.45, 2.75) is 44.5 Å². The van der Waals surface area contributed by atoms with E-state index < -0.39 is 0 Å². The maximum atomic E-state index is 9.00. The van der Waals surface area contributed by atoms with Crippen LogP contribution in [0.2, 0.25) is 0 Å². The standard InChI is InChI=1S/C10H18O3/c1-7-8(2)12-6-10(7)4-3-9(5-11)13-10/h7-9,11H,3-6H2,1-2H3/t7-,8+,9+,10-/m1/s1. The van der Waals surface area contributed by atoms with Gasteiger partial charge < -0.3 is 14.6 Å². The molecular formula is C10H18O3. The summed E-state index contributed by atoms with van der Waals surface area (Å²) in [5, 5.41) is 9.00. The first kappa shape index (κ1) is 9.44. The summed E-state index contributed by atoms with van der Waals surface area (Å²) in [6.45, 7) is 5.11. The summed E-state index contributed by atoms with van der Waals surface area (Å²) in [6, 6.07) is 0. The molecule has 2 heterocycles. The van der Waals surface area contributed by atoms with Gasteiger partial charge in [0.05, 0.1) is 31.0 Å². The van der Waals surface area contributed by atoms with Crippen LogP contribution in [-0.2, 0) is 9.47 Å². The lowest BCUT2D eigenvalue weighted by Gasteiger charge is -2.27. The highest BCUT2D eigenvalue weighted by atomic mass is 16.6. The highest BCUT2D eigenvalue weighted by Crippen LogP contribution is 2.43. The zero-order chi connectivity index (χ0) is 9.47. The third-order valence-corrected chi connectivity index (χ3v) is 3.62. The SMILES string of the molecule is C[C@@H]1OC[C@]2(CC[C@@H](CO)O2)[C@@H]1C. The molecule has 0 radical (unpaired) electrons. The second kappa shape index (κ2) is 3.23.